The van der Waals surface area contributed by atoms with Crippen LogP contribution >= 0.6 is 0 Å². The number of fused-ring (bicyclic) bond motifs is 1. The van der Waals surface area contributed by atoms with Gasteiger partial charge in [-0.05, 0) is 74.4 Å². The van der Waals surface area contributed by atoms with Crippen LogP contribution in [0.1, 0.15) is 36.8 Å². The number of carbonyl (C=O) groups excluding carboxylic acids is 2. The second kappa shape index (κ2) is 10.8. The molecule has 1 N–H and O–H groups in total. The first-order valence-electron chi connectivity index (χ1n) is 11.2. The number of amides is 2. The lowest BCUT2D eigenvalue weighted by Crippen LogP contribution is -2.44. The Kier molecular flexibility index (Phi) is 7.35. The van der Waals surface area contributed by atoms with Crippen molar-refractivity contribution >= 4 is 41.0 Å². The molecule has 1 fully saturated rings. The molecule has 2 amide bonds. The minimum absolute atomic E-state index is 0.158. The van der Waals surface area contributed by atoms with E-state index in [1.165, 1.54) is 24.5 Å². The van der Waals surface area contributed by atoms with Crippen LogP contribution in [0.4, 0.5) is 10.2 Å². The summed E-state index contributed by atoms with van der Waals surface area (Å²) in [7, 11) is 0. The molecule has 1 aliphatic rings. The van der Waals surface area contributed by atoms with Gasteiger partial charge in [0.25, 0.3) is 0 Å². The van der Waals surface area contributed by atoms with Crippen molar-refractivity contribution < 1.29 is 14.0 Å². The third kappa shape index (κ3) is 5.63. The van der Waals surface area contributed by atoms with Crippen molar-refractivity contribution in [2.45, 2.75) is 25.7 Å². The third-order valence-electron chi connectivity index (χ3n) is 6.02. The summed E-state index contributed by atoms with van der Waals surface area (Å²) in [6.07, 6.45) is 7.64. The zero-order chi connectivity index (χ0) is 24.8. The lowest BCUT2D eigenvalue weighted by molar-refractivity contribution is -0.143. The largest absolute Gasteiger partial charge is 0.334 e. The average Bonchev–Trinajstić information content (AvgIpc) is 2.88. The molecule has 0 atom stereocenters. The van der Waals surface area contributed by atoms with Gasteiger partial charge in [-0.2, -0.15) is 0 Å². The molecule has 4 rings (SSSR count). The first kappa shape index (κ1) is 23.9. The van der Waals surface area contributed by atoms with Gasteiger partial charge in [-0.3, -0.25) is 24.6 Å². The zero-order valence-corrected chi connectivity index (χ0v) is 19.3. The molecule has 1 aliphatic heterocycles. The summed E-state index contributed by atoms with van der Waals surface area (Å²) in [6, 6.07) is 9.86. The molecule has 9 heteroatoms. The summed E-state index contributed by atoms with van der Waals surface area (Å²) < 4.78 is 13.8. The Morgan fingerprint density at radius 3 is 2.66 bits per heavy atom. The quantitative estimate of drug-likeness (QED) is 0.446. The number of aromatic nitrogens is 2. The molecule has 0 spiro atoms. The Bertz CT molecular complexity index is 1310. The minimum Gasteiger partial charge on any atom is -0.334 e. The Labute approximate surface area is 202 Å². The number of carbonyl (C=O) groups is 2. The van der Waals surface area contributed by atoms with E-state index in [4.69, 9.17) is 0 Å². The molecular formula is C26H25FN6O2. The molecule has 1 saturated heterocycles. The van der Waals surface area contributed by atoms with E-state index in [2.05, 4.69) is 32.0 Å². The maximum absolute atomic E-state index is 13.8. The van der Waals surface area contributed by atoms with E-state index in [1.54, 1.807) is 35.5 Å². The lowest BCUT2D eigenvalue weighted by Gasteiger charge is -2.32. The van der Waals surface area contributed by atoms with Gasteiger partial charge < -0.3 is 10.2 Å². The molecule has 8 nitrogen and oxygen atoms in total. The Morgan fingerprint density at radius 1 is 1.14 bits per heavy atom. The maximum Gasteiger partial charge on any atom is 0.315 e. The van der Waals surface area contributed by atoms with Crippen LogP contribution in [0.5, 0.6) is 0 Å². The number of piperidine rings is 1. The van der Waals surface area contributed by atoms with E-state index >= 15 is 0 Å². The fourth-order valence-electron chi connectivity index (χ4n) is 4.15. The molecular weight excluding hydrogens is 447 g/mol. The number of pyridine rings is 2. The maximum atomic E-state index is 13.8. The third-order valence-corrected chi connectivity index (χ3v) is 6.02. The van der Waals surface area contributed by atoms with E-state index in [0.717, 1.165) is 27.7 Å². The summed E-state index contributed by atoms with van der Waals surface area (Å²) in [5.74, 6) is -1.19. The number of aliphatic imine (C=N–C) groups is 2. The van der Waals surface area contributed by atoms with Gasteiger partial charge in [-0.1, -0.05) is 0 Å². The molecule has 3 heterocycles. The molecule has 0 unspecified atom stereocenters. The average molecular weight is 473 g/mol. The van der Waals surface area contributed by atoms with Gasteiger partial charge >= 0.3 is 11.8 Å². The van der Waals surface area contributed by atoms with Crippen molar-refractivity contribution in [1.82, 2.24) is 14.9 Å². The van der Waals surface area contributed by atoms with Crippen LogP contribution in [0.3, 0.4) is 0 Å². The van der Waals surface area contributed by atoms with Crippen molar-refractivity contribution in [2.75, 3.05) is 18.4 Å². The van der Waals surface area contributed by atoms with Gasteiger partial charge in [0.2, 0.25) is 0 Å². The second-order valence-electron chi connectivity index (χ2n) is 8.21. The van der Waals surface area contributed by atoms with Gasteiger partial charge in [0, 0.05) is 54.5 Å². The van der Waals surface area contributed by atoms with Crippen LogP contribution in [-0.4, -0.2) is 52.2 Å². The highest BCUT2D eigenvalue weighted by Gasteiger charge is 2.28. The van der Waals surface area contributed by atoms with Crippen LogP contribution < -0.4 is 5.32 Å². The smallest absolute Gasteiger partial charge is 0.315 e. The Balaban J connectivity index is 1.35. The first-order valence-corrected chi connectivity index (χ1v) is 11.2. The molecule has 0 saturated carbocycles. The fourth-order valence-corrected chi connectivity index (χ4v) is 4.15. The predicted molar refractivity (Wildman–Crippen MR) is 134 cm³/mol. The van der Waals surface area contributed by atoms with Crippen LogP contribution in [-0.2, 0) is 9.59 Å². The minimum atomic E-state index is -0.731. The standard InChI is InChI=1S/C26H25FN6O2/c1-17(29-12-11-28-2)19-3-6-24(31-16-19)32-25(34)26(35)33-13-8-18(9-14-33)21-7-10-30-23-5-4-20(27)15-22(21)23/h3-7,10-12,15-16,18H,2,8-9,13-14H2,1H3,(H,31,32,34)/b12-11-,29-17?. The summed E-state index contributed by atoms with van der Waals surface area (Å²) in [5.41, 5.74) is 3.25. The second-order valence-corrected chi connectivity index (χ2v) is 8.21. The summed E-state index contributed by atoms with van der Waals surface area (Å²) in [6.45, 7) is 6.04. The Hall–Kier alpha value is -4.27. The van der Waals surface area contributed by atoms with Crippen molar-refractivity contribution in [3.05, 3.63) is 78.1 Å². The first-order chi connectivity index (χ1) is 17.0. The highest BCUT2D eigenvalue weighted by atomic mass is 19.1. The van der Waals surface area contributed by atoms with E-state index in [0.29, 0.717) is 25.9 Å². The van der Waals surface area contributed by atoms with Gasteiger partial charge in [0.15, 0.2) is 0 Å². The number of halogens is 1. The summed E-state index contributed by atoms with van der Waals surface area (Å²) >= 11 is 0. The number of hydrogen-bond acceptors (Lipinski definition) is 6. The number of nitrogens with zero attached hydrogens (tertiary/aromatic N) is 5. The van der Waals surface area contributed by atoms with E-state index < -0.39 is 11.8 Å². The highest BCUT2D eigenvalue weighted by Crippen LogP contribution is 2.32. The normalized spacial score (nSPS) is 14.9. The number of anilines is 1. The predicted octanol–water partition coefficient (Wildman–Crippen LogP) is 4.09. The number of likely N-dealkylation sites (tertiary alicyclic amines) is 1. The van der Waals surface area contributed by atoms with Crippen LogP contribution in [0.25, 0.3) is 10.9 Å². The number of hydrogen-bond donors (Lipinski definition) is 1. The van der Waals surface area contributed by atoms with E-state index in [9.17, 15) is 14.0 Å². The lowest BCUT2D eigenvalue weighted by atomic mass is 9.87. The van der Waals surface area contributed by atoms with Crippen molar-refractivity contribution in [3.63, 3.8) is 0 Å². The molecule has 0 aliphatic carbocycles. The van der Waals surface area contributed by atoms with E-state index in [1.807, 2.05) is 13.0 Å². The molecule has 1 aromatic carbocycles. The molecule has 0 bridgehead atoms. The van der Waals surface area contributed by atoms with E-state index in [-0.39, 0.29) is 17.6 Å². The Morgan fingerprint density at radius 2 is 1.94 bits per heavy atom. The SMILES string of the molecule is C=N/C=C\N=C(C)c1ccc(NC(=O)C(=O)N2CCC(c3ccnc4ccc(F)cc34)CC2)nc1. The van der Waals surface area contributed by atoms with Crippen LogP contribution in [0.15, 0.2) is 71.2 Å². The van der Waals surface area contributed by atoms with Crippen molar-refractivity contribution in [1.29, 1.82) is 0 Å². The monoisotopic (exact) mass is 472 g/mol. The topological polar surface area (TPSA) is 99.9 Å². The fraction of sp³-hybridized carbons (Fsp3) is 0.231. The van der Waals surface area contributed by atoms with Gasteiger partial charge in [0.05, 0.1) is 5.52 Å². The molecule has 35 heavy (non-hydrogen) atoms. The van der Waals surface area contributed by atoms with Crippen LogP contribution in [0.2, 0.25) is 0 Å². The number of benzene rings is 1. The molecule has 178 valence electrons. The molecule has 2 aromatic heterocycles. The molecule has 3 aromatic rings. The van der Waals surface area contributed by atoms with Crippen molar-refractivity contribution in [3.8, 4) is 0 Å². The van der Waals surface area contributed by atoms with Gasteiger partial charge in [-0.25, -0.2) is 9.37 Å². The number of nitrogens with one attached hydrogen (secondary N) is 1. The molecule has 0 radical (unpaired) electrons. The summed E-state index contributed by atoms with van der Waals surface area (Å²) in [4.78, 5) is 43.1. The summed E-state index contributed by atoms with van der Waals surface area (Å²) in [5, 5.41) is 3.35. The number of rotatable bonds is 5. The van der Waals surface area contributed by atoms with Crippen molar-refractivity contribution in [2.24, 2.45) is 9.98 Å². The van der Waals surface area contributed by atoms with Crippen LogP contribution in [0, 0.1) is 5.82 Å². The van der Waals surface area contributed by atoms with Gasteiger partial charge in [0.1, 0.15) is 11.6 Å². The highest BCUT2D eigenvalue weighted by molar-refractivity contribution is 6.39. The zero-order valence-electron chi connectivity index (χ0n) is 19.3. The van der Waals surface area contributed by atoms with Gasteiger partial charge in [-0.15, -0.1) is 0 Å².